The summed E-state index contributed by atoms with van der Waals surface area (Å²) in [6.45, 7) is 5.53. The zero-order valence-electron chi connectivity index (χ0n) is 15.0. The van der Waals surface area contributed by atoms with Crippen LogP contribution in [0.25, 0.3) is 0 Å². The maximum absolute atomic E-state index is 13.0. The fourth-order valence-corrected chi connectivity index (χ4v) is 5.00. The van der Waals surface area contributed by atoms with E-state index >= 15 is 0 Å². The monoisotopic (exact) mass is 378 g/mol. The number of carbonyl (C=O) groups is 1. The van der Waals surface area contributed by atoms with Crippen molar-refractivity contribution in [3.63, 3.8) is 0 Å². The smallest absolute Gasteiger partial charge is 0.248 e. The topological polar surface area (TPSA) is 105 Å². The molecule has 2 aromatic rings. The van der Waals surface area contributed by atoms with Crippen molar-refractivity contribution in [2.75, 3.05) is 18.4 Å². The van der Waals surface area contributed by atoms with Gasteiger partial charge in [-0.15, -0.1) is 0 Å². The summed E-state index contributed by atoms with van der Waals surface area (Å²) in [5, 5.41) is 6.54. The van der Waals surface area contributed by atoms with Crippen LogP contribution in [0.2, 0.25) is 0 Å². The lowest BCUT2D eigenvalue weighted by molar-refractivity contribution is -0.120. The molecular formula is C17H22N4O4S. The number of anilines is 1. The Hall–Kier alpha value is -2.26. The number of piperidine rings is 1. The summed E-state index contributed by atoms with van der Waals surface area (Å²) in [5.74, 6) is 0.118. The van der Waals surface area contributed by atoms with E-state index in [1.165, 1.54) is 4.31 Å². The number of nitrogens with one attached hydrogen (secondary N) is 1. The van der Waals surface area contributed by atoms with Gasteiger partial charge in [-0.2, -0.15) is 4.31 Å². The highest BCUT2D eigenvalue weighted by atomic mass is 32.2. The van der Waals surface area contributed by atoms with Gasteiger partial charge in [0.05, 0.1) is 5.92 Å². The molecule has 2 aromatic heterocycles. The van der Waals surface area contributed by atoms with Crippen LogP contribution < -0.4 is 5.32 Å². The van der Waals surface area contributed by atoms with Gasteiger partial charge in [-0.25, -0.2) is 13.4 Å². The zero-order valence-corrected chi connectivity index (χ0v) is 15.8. The molecule has 1 aliphatic rings. The standard InChI is InChI=1S/C17H22N4O4S/c1-11-6-4-8-18-16(11)19-17(22)14-7-5-9-21(10-14)26(23,24)15-12(2)20-25-13(15)3/h4,6,8,14H,5,7,9-10H2,1-3H3,(H,18,19,22). The molecule has 1 unspecified atom stereocenters. The van der Waals surface area contributed by atoms with E-state index in [-0.39, 0.29) is 23.1 Å². The Kier molecular flexibility index (Phi) is 5.10. The van der Waals surface area contributed by atoms with E-state index in [9.17, 15) is 13.2 Å². The molecule has 9 heteroatoms. The molecular weight excluding hydrogens is 356 g/mol. The van der Waals surface area contributed by atoms with Gasteiger partial charge in [-0.05, 0) is 45.2 Å². The van der Waals surface area contributed by atoms with E-state index < -0.39 is 15.9 Å². The molecule has 1 saturated heterocycles. The summed E-state index contributed by atoms with van der Waals surface area (Å²) >= 11 is 0. The molecule has 1 N–H and O–H groups in total. The number of amides is 1. The van der Waals surface area contributed by atoms with E-state index in [0.29, 0.717) is 30.9 Å². The van der Waals surface area contributed by atoms with E-state index in [1.807, 2.05) is 13.0 Å². The fraction of sp³-hybridized carbons (Fsp3) is 0.471. The van der Waals surface area contributed by atoms with Gasteiger partial charge >= 0.3 is 0 Å². The highest BCUT2D eigenvalue weighted by molar-refractivity contribution is 7.89. The third-order valence-electron chi connectivity index (χ3n) is 4.57. The Labute approximate surface area is 152 Å². The van der Waals surface area contributed by atoms with Crippen LogP contribution in [-0.2, 0) is 14.8 Å². The third-order valence-corrected chi connectivity index (χ3v) is 6.68. The first-order chi connectivity index (χ1) is 12.3. The van der Waals surface area contributed by atoms with Crippen LogP contribution >= 0.6 is 0 Å². The van der Waals surface area contributed by atoms with Crippen LogP contribution in [0.5, 0.6) is 0 Å². The van der Waals surface area contributed by atoms with E-state index in [4.69, 9.17) is 4.52 Å². The highest BCUT2D eigenvalue weighted by Gasteiger charge is 2.36. The van der Waals surface area contributed by atoms with Gasteiger partial charge in [-0.3, -0.25) is 4.79 Å². The molecule has 140 valence electrons. The molecule has 0 saturated carbocycles. The van der Waals surface area contributed by atoms with Crippen molar-refractivity contribution in [1.29, 1.82) is 0 Å². The van der Waals surface area contributed by atoms with Crippen LogP contribution in [0.3, 0.4) is 0 Å². The Balaban J connectivity index is 1.77. The number of hydrogen-bond donors (Lipinski definition) is 1. The molecule has 0 spiro atoms. The number of pyridine rings is 1. The summed E-state index contributed by atoms with van der Waals surface area (Å²) in [6.07, 6.45) is 2.85. The minimum Gasteiger partial charge on any atom is -0.360 e. The molecule has 26 heavy (non-hydrogen) atoms. The second-order valence-corrected chi connectivity index (χ2v) is 8.39. The van der Waals surface area contributed by atoms with Crippen molar-refractivity contribution in [3.8, 4) is 0 Å². The van der Waals surface area contributed by atoms with Crippen LogP contribution in [0.1, 0.15) is 29.9 Å². The lowest BCUT2D eigenvalue weighted by Gasteiger charge is -2.31. The van der Waals surface area contributed by atoms with Crippen molar-refractivity contribution in [1.82, 2.24) is 14.4 Å². The van der Waals surface area contributed by atoms with Crippen molar-refractivity contribution in [3.05, 3.63) is 35.3 Å². The van der Waals surface area contributed by atoms with E-state index in [0.717, 1.165) is 5.56 Å². The lowest BCUT2D eigenvalue weighted by Crippen LogP contribution is -2.44. The maximum Gasteiger partial charge on any atom is 0.248 e. The molecule has 1 amide bonds. The van der Waals surface area contributed by atoms with E-state index in [1.54, 1.807) is 26.1 Å². The van der Waals surface area contributed by atoms with E-state index in [2.05, 4.69) is 15.5 Å². The second-order valence-electron chi connectivity index (χ2n) is 6.51. The molecule has 0 radical (unpaired) electrons. The van der Waals surface area contributed by atoms with Crippen LogP contribution in [0, 0.1) is 26.7 Å². The number of hydrogen-bond acceptors (Lipinski definition) is 6. The van der Waals surface area contributed by atoms with Gasteiger partial charge in [-0.1, -0.05) is 11.2 Å². The molecule has 0 aliphatic carbocycles. The number of sulfonamides is 1. The van der Waals surface area contributed by atoms with Gasteiger partial charge in [0, 0.05) is 19.3 Å². The van der Waals surface area contributed by atoms with Crippen LogP contribution in [-0.4, -0.2) is 41.9 Å². The first-order valence-electron chi connectivity index (χ1n) is 8.46. The molecule has 0 bridgehead atoms. The number of rotatable bonds is 4. The van der Waals surface area contributed by atoms with Crippen molar-refractivity contribution < 1.29 is 17.7 Å². The van der Waals surface area contributed by atoms with Gasteiger partial charge in [0.25, 0.3) is 0 Å². The number of aromatic nitrogens is 2. The van der Waals surface area contributed by atoms with Crippen molar-refractivity contribution in [2.24, 2.45) is 5.92 Å². The summed E-state index contributed by atoms with van der Waals surface area (Å²) in [5.41, 5.74) is 1.19. The van der Waals surface area contributed by atoms with Crippen molar-refractivity contribution >= 4 is 21.7 Å². The quantitative estimate of drug-likeness (QED) is 0.873. The Bertz CT molecular complexity index is 903. The molecule has 1 fully saturated rings. The summed E-state index contributed by atoms with van der Waals surface area (Å²) in [7, 11) is -3.75. The molecule has 1 aliphatic heterocycles. The number of carbonyl (C=O) groups excluding carboxylic acids is 1. The molecule has 1 atom stereocenters. The average Bonchev–Trinajstić information content (AvgIpc) is 2.96. The minimum absolute atomic E-state index is 0.0964. The number of nitrogens with zero attached hydrogens (tertiary/aromatic N) is 3. The predicted octanol–water partition coefficient (Wildman–Crippen LogP) is 2.03. The van der Waals surface area contributed by atoms with Gasteiger partial charge in [0.15, 0.2) is 5.76 Å². The maximum atomic E-state index is 13.0. The summed E-state index contributed by atoms with van der Waals surface area (Å²) in [6, 6.07) is 3.65. The van der Waals surface area contributed by atoms with Gasteiger partial charge < -0.3 is 9.84 Å². The average molecular weight is 378 g/mol. The van der Waals surface area contributed by atoms with Gasteiger partial charge in [0.1, 0.15) is 16.4 Å². The second kappa shape index (κ2) is 7.16. The summed E-state index contributed by atoms with van der Waals surface area (Å²) < 4.78 is 32.2. The lowest BCUT2D eigenvalue weighted by atomic mass is 9.99. The first-order valence-corrected chi connectivity index (χ1v) is 9.90. The van der Waals surface area contributed by atoms with Crippen LogP contribution in [0.15, 0.2) is 27.7 Å². The van der Waals surface area contributed by atoms with Gasteiger partial charge in [0.2, 0.25) is 15.9 Å². The molecule has 3 rings (SSSR count). The Morgan fingerprint density at radius 2 is 2.12 bits per heavy atom. The SMILES string of the molecule is Cc1cccnc1NC(=O)C1CCCN(S(=O)(=O)c2c(C)noc2C)C1. The van der Waals surface area contributed by atoms with Crippen molar-refractivity contribution in [2.45, 2.75) is 38.5 Å². The normalized spacial score (nSPS) is 18.7. The third kappa shape index (κ3) is 3.49. The fourth-order valence-electron chi connectivity index (χ4n) is 3.18. The first kappa shape index (κ1) is 18.5. The Morgan fingerprint density at radius 3 is 2.77 bits per heavy atom. The molecule has 3 heterocycles. The zero-order chi connectivity index (χ0) is 18.9. The Morgan fingerprint density at radius 1 is 1.35 bits per heavy atom. The largest absolute Gasteiger partial charge is 0.360 e. The molecule has 0 aromatic carbocycles. The minimum atomic E-state index is -3.75. The number of aryl methyl sites for hydroxylation is 3. The molecule has 8 nitrogen and oxygen atoms in total. The van der Waals surface area contributed by atoms with Crippen LogP contribution in [0.4, 0.5) is 5.82 Å². The summed E-state index contributed by atoms with van der Waals surface area (Å²) in [4.78, 5) is 16.9. The predicted molar refractivity (Wildman–Crippen MR) is 95.1 cm³/mol. The highest BCUT2D eigenvalue weighted by Crippen LogP contribution is 2.28.